The molecule has 0 aliphatic carbocycles. The highest BCUT2D eigenvalue weighted by atomic mass is 32.2. The maximum Gasteiger partial charge on any atom is 0.307 e. The Bertz CT molecular complexity index is 258. The smallest absolute Gasteiger partial charge is 0.307 e. The SMILES string of the molecule is COCCC(=O)OC.O=S1(=O)CCCC1. The Morgan fingerprint density at radius 2 is 1.73 bits per heavy atom. The minimum atomic E-state index is -2.55. The summed E-state index contributed by atoms with van der Waals surface area (Å²) < 4.78 is 29.8. The molecule has 0 amide bonds. The number of hydrogen-bond acceptors (Lipinski definition) is 5. The number of ether oxygens (including phenoxy) is 2. The van der Waals surface area contributed by atoms with Crippen molar-refractivity contribution >= 4 is 15.8 Å². The van der Waals surface area contributed by atoms with Gasteiger partial charge in [-0.05, 0) is 12.8 Å². The molecule has 0 unspecified atom stereocenters. The number of methoxy groups -OCH3 is 2. The van der Waals surface area contributed by atoms with Gasteiger partial charge in [-0.2, -0.15) is 0 Å². The molecule has 0 aromatic rings. The molecule has 0 aromatic heterocycles. The van der Waals surface area contributed by atoms with Crippen LogP contribution >= 0.6 is 0 Å². The van der Waals surface area contributed by atoms with Gasteiger partial charge >= 0.3 is 5.97 Å². The largest absolute Gasteiger partial charge is 0.469 e. The van der Waals surface area contributed by atoms with Crippen LogP contribution in [0, 0.1) is 0 Å². The Kier molecular flexibility index (Phi) is 7.33. The van der Waals surface area contributed by atoms with E-state index in [2.05, 4.69) is 9.47 Å². The van der Waals surface area contributed by atoms with E-state index in [9.17, 15) is 13.2 Å². The molecular weight excluding hydrogens is 220 g/mol. The van der Waals surface area contributed by atoms with Gasteiger partial charge in [-0.25, -0.2) is 8.42 Å². The van der Waals surface area contributed by atoms with Crippen molar-refractivity contribution in [1.82, 2.24) is 0 Å². The summed E-state index contributed by atoms with van der Waals surface area (Å²) in [6.45, 7) is 0.437. The van der Waals surface area contributed by atoms with E-state index in [-0.39, 0.29) is 5.97 Å². The van der Waals surface area contributed by atoms with E-state index < -0.39 is 9.84 Å². The lowest BCUT2D eigenvalue weighted by molar-refractivity contribution is -0.141. The zero-order chi connectivity index (χ0) is 11.7. The van der Waals surface area contributed by atoms with Crippen LogP contribution in [0.1, 0.15) is 19.3 Å². The van der Waals surface area contributed by atoms with Crippen molar-refractivity contribution in [2.75, 3.05) is 32.3 Å². The molecule has 1 fully saturated rings. The Balaban J connectivity index is 0.000000262. The van der Waals surface area contributed by atoms with Gasteiger partial charge in [-0.15, -0.1) is 0 Å². The number of sulfone groups is 1. The van der Waals surface area contributed by atoms with E-state index in [0.717, 1.165) is 12.8 Å². The molecular formula is C9H18O5S. The molecule has 0 bridgehead atoms. The molecule has 1 rings (SSSR count). The third-order valence-corrected chi connectivity index (χ3v) is 3.72. The van der Waals surface area contributed by atoms with Gasteiger partial charge in [0.15, 0.2) is 0 Å². The third kappa shape index (κ3) is 8.38. The molecule has 1 aliphatic rings. The van der Waals surface area contributed by atoms with Gasteiger partial charge < -0.3 is 9.47 Å². The van der Waals surface area contributed by atoms with Gasteiger partial charge in [0, 0.05) is 7.11 Å². The molecule has 0 N–H and O–H groups in total. The van der Waals surface area contributed by atoms with Crippen molar-refractivity contribution in [2.45, 2.75) is 19.3 Å². The minimum absolute atomic E-state index is 0.230. The Labute approximate surface area is 90.7 Å². The second-order valence-corrected chi connectivity index (χ2v) is 5.48. The molecule has 1 aliphatic heterocycles. The Morgan fingerprint density at radius 1 is 1.20 bits per heavy atom. The van der Waals surface area contributed by atoms with Gasteiger partial charge in [-0.1, -0.05) is 0 Å². The minimum Gasteiger partial charge on any atom is -0.469 e. The fraction of sp³-hybridized carbons (Fsp3) is 0.889. The lowest BCUT2D eigenvalue weighted by Gasteiger charge is -1.94. The van der Waals surface area contributed by atoms with Crippen molar-refractivity contribution in [1.29, 1.82) is 0 Å². The molecule has 0 saturated carbocycles. The first-order valence-electron chi connectivity index (χ1n) is 4.78. The highest BCUT2D eigenvalue weighted by molar-refractivity contribution is 7.91. The molecule has 90 valence electrons. The number of hydrogen-bond donors (Lipinski definition) is 0. The number of esters is 1. The zero-order valence-electron chi connectivity index (χ0n) is 9.19. The summed E-state index contributed by atoms with van der Waals surface area (Å²) in [5.74, 6) is 0.617. The van der Waals surface area contributed by atoms with Gasteiger partial charge in [0.1, 0.15) is 9.84 Å². The second kappa shape index (κ2) is 7.64. The average Bonchev–Trinajstić information content (AvgIpc) is 2.60. The van der Waals surface area contributed by atoms with E-state index in [1.165, 1.54) is 7.11 Å². The Morgan fingerprint density at radius 3 is 2.00 bits per heavy atom. The van der Waals surface area contributed by atoms with Crippen LogP contribution in [-0.4, -0.2) is 46.7 Å². The topological polar surface area (TPSA) is 69.7 Å². The first kappa shape index (κ1) is 14.4. The van der Waals surface area contributed by atoms with Gasteiger partial charge in [0.25, 0.3) is 0 Å². The van der Waals surface area contributed by atoms with Gasteiger partial charge in [-0.3, -0.25) is 4.79 Å². The first-order valence-corrected chi connectivity index (χ1v) is 6.60. The number of carbonyl (C=O) groups is 1. The summed E-state index contributed by atoms with van der Waals surface area (Å²) in [6, 6.07) is 0. The van der Waals surface area contributed by atoms with E-state index in [4.69, 9.17) is 0 Å². The Hall–Kier alpha value is -0.620. The van der Waals surface area contributed by atoms with Gasteiger partial charge in [0.05, 0.1) is 31.6 Å². The summed E-state index contributed by atoms with van der Waals surface area (Å²) >= 11 is 0. The highest BCUT2D eigenvalue weighted by Crippen LogP contribution is 2.08. The normalized spacial score (nSPS) is 17.7. The predicted molar refractivity (Wildman–Crippen MR) is 56.4 cm³/mol. The average molecular weight is 238 g/mol. The third-order valence-electron chi connectivity index (χ3n) is 1.90. The van der Waals surface area contributed by atoms with Crippen LogP contribution in [0.2, 0.25) is 0 Å². The molecule has 5 nitrogen and oxygen atoms in total. The molecule has 0 atom stereocenters. The van der Waals surface area contributed by atoms with Crippen molar-refractivity contribution in [2.24, 2.45) is 0 Å². The second-order valence-electron chi connectivity index (χ2n) is 3.18. The lowest BCUT2D eigenvalue weighted by atomic mass is 10.4. The van der Waals surface area contributed by atoms with Crippen LogP contribution in [0.3, 0.4) is 0 Å². The van der Waals surface area contributed by atoms with Crippen LogP contribution in [0.4, 0.5) is 0 Å². The zero-order valence-corrected chi connectivity index (χ0v) is 10.0. The van der Waals surface area contributed by atoms with E-state index >= 15 is 0 Å². The standard InChI is InChI=1S/C5H10O3.C4H8O2S/c1-7-4-3-5(6)8-2;5-7(6)3-1-2-4-7/h3-4H2,1-2H3;1-4H2. The van der Waals surface area contributed by atoms with E-state index in [1.807, 2.05) is 0 Å². The van der Waals surface area contributed by atoms with Crippen LogP contribution < -0.4 is 0 Å². The molecule has 1 saturated heterocycles. The summed E-state index contributed by atoms with van der Waals surface area (Å²) in [7, 11) is 0.357. The fourth-order valence-electron chi connectivity index (χ4n) is 1.03. The quantitative estimate of drug-likeness (QED) is 0.665. The maximum absolute atomic E-state index is 10.4. The number of rotatable bonds is 3. The fourth-order valence-corrected chi connectivity index (χ4v) is 2.53. The maximum atomic E-state index is 10.4. The van der Waals surface area contributed by atoms with Crippen LogP contribution in [0.15, 0.2) is 0 Å². The molecule has 15 heavy (non-hydrogen) atoms. The molecule has 1 heterocycles. The van der Waals surface area contributed by atoms with Crippen LogP contribution in [0.25, 0.3) is 0 Å². The van der Waals surface area contributed by atoms with Crippen LogP contribution in [0.5, 0.6) is 0 Å². The van der Waals surface area contributed by atoms with E-state index in [0.29, 0.717) is 24.5 Å². The number of carbonyl (C=O) groups excluding carboxylic acids is 1. The summed E-state index contributed by atoms with van der Waals surface area (Å²) in [4.78, 5) is 10.3. The van der Waals surface area contributed by atoms with Crippen molar-refractivity contribution in [3.63, 3.8) is 0 Å². The molecule has 0 radical (unpaired) electrons. The van der Waals surface area contributed by atoms with Gasteiger partial charge in [0.2, 0.25) is 0 Å². The molecule has 6 heteroatoms. The highest BCUT2D eigenvalue weighted by Gasteiger charge is 2.16. The predicted octanol–water partition coefficient (Wildman–Crippen LogP) is 0.391. The summed E-state index contributed by atoms with van der Waals surface area (Å²) in [6.07, 6.45) is 2.09. The van der Waals surface area contributed by atoms with E-state index in [1.54, 1.807) is 7.11 Å². The van der Waals surface area contributed by atoms with Crippen LogP contribution in [-0.2, 0) is 24.1 Å². The first-order chi connectivity index (χ1) is 7.02. The molecule has 0 spiro atoms. The summed E-state index contributed by atoms with van der Waals surface area (Å²) in [5.41, 5.74) is 0. The lowest BCUT2D eigenvalue weighted by Crippen LogP contribution is -2.03. The summed E-state index contributed by atoms with van der Waals surface area (Å²) in [5, 5.41) is 0. The molecule has 0 aromatic carbocycles. The monoisotopic (exact) mass is 238 g/mol. The van der Waals surface area contributed by atoms with Crippen molar-refractivity contribution in [3.05, 3.63) is 0 Å². The van der Waals surface area contributed by atoms with Crippen molar-refractivity contribution in [3.8, 4) is 0 Å². The van der Waals surface area contributed by atoms with Crippen molar-refractivity contribution < 1.29 is 22.7 Å².